The summed E-state index contributed by atoms with van der Waals surface area (Å²) in [7, 11) is -2.12. The SMILES string of the molecule is c1ccc(P(=NB(C2CCCCC2)C2CCCCC2)(c2ccccc2)c2ccccc2)cc1. The van der Waals surface area contributed by atoms with Crippen LogP contribution in [0.3, 0.4) is 0 Å². The van der Waals surface area contributed by atoms with Crippen molar-refractivity contribution in [2.75, 3.05) is 0 Å². The Kier molecular flexibility index (Phi) is 7.52. The van der Waals surface area contributed by atoms with Crippen molar-refractivity contribution in [2.45, 2.75) is 75.8 Å². The quantitative estimate of drug-likeness (QED) is 0.266. The minimum Gasteiger partial charge on any atom is -0.345 e. The lowest BCUT2D eigenvalue weighted by Gasteiger charge is -2.37. The van der Waals surface area contributed by atoms with Crippen molar-refractivity contribution >= 4 is 29.8 Å². The molecule has 3 aromatic rings. The molecule has 0 amide bonds. The molecule has 2 saturated carbocycles. The molecule has 0 aliphatic heterocycles. The minimum atomic E-state index is -2.12. The van der Waals surface area contributed by atoms with Gasteiger partial charge in [0.1, 0.15) is 0 Å². The Balaban J connectivity index is 1.77. The van der Waals surface area contributed by atoms with E-state index in [0.29, 0.717) is 6.85 Å². The fraction of sp³-hybridized carbons (Fsp3) is 0.400. The van der Waals surface area contributed by atoms with Gasteiger partial charge in [-0.1, -0.05) is 155 Å². The second-order valence-electron chi connectivity index (χ2n) is 10.0. The van der Waals surface area contributed by atoms with Gasteiger partial charge in [0.05, 0.1) is 0 Å². The third-order valence-corrected chi connectivity index (χ3v) is 11.7. The van der Waals surface area contributed by atoms with Crippen molar-refractivity contribution in [2.24, 2.45) is 4.66 Å². The van der Waals surface area contributed by atoms with E-state index < -0.39 is 7.05 Å². The number of hydrogen-bond acceptors (Lipinski definition) is 1. The molecular weight excluding hydrogens is 416 g/mol. The average molecular weight is 453 g/mol. The van der Waals surface area contributed by atoms with Gasteiger partial charge in [-0.25, -0.2) is 0 Å². The molecule has 3 heteroatoms. The van der Waals surface area contributed by atoms with Gasteiger partial charge in [0.25, 0.3) is 6.85 Å². The van der Waals surface area contributed by atoms with Crippen LogP contribution in [0.4, 0.5) is 0 Å². The van der Waals surface area contributed by atoms with E-state index in [0.717, 1.165) is 11.6 Å². The summed E-state index contributed by atoms with van der Waals surface area (Å²) in [5.41, 5.74) is 0. The van der Waals surface area contributed by atoms with Crippen LogP contribution < -0.4 is 15.9 Å². The van der Waals surface area contributed by atoms with E-state index in [1.165, 1.54) is 80.1 Å². The summed E-state index contributed by atoms with van der Waals surface area (Å²) in [4.78, 5) is 0. The van der Waals surface area contributed by atoms with Gasteiger partial charge >= 0.3 is 0 Å². The van der Waals surface area contributed by atoms with Crippen LogP contribution in [0, 0.1) is 0 Å². The van der Waals surface area contributed by atoms with Crippen LogP contribution >= 0.6 is 7.05 Å². The van der Waals surface area contributed by atoms with Crippen LogP contribution in [0.1, 0.15) is 64.2 Å². The zero-order valence-corrected chi connectivity index (χ0v) is 20.8. The summed E-state index contributed by atoms with van der Waals surface area (Å²) in [6.07, 6.45) is 13.8. The maximum Gasteiger partial charge on any atom is 0.284 e. The molecule has 0 heterocycles. The van der Waals surface area contributed by atoms with Gasteiger partial charge in [0.15, 0.2) is 0 Å². The fourth-order valence-electron chi connectivity index (χ4n) is 6.30. The molecule has 2 fully saturated rings. The Hall–Kier alpha value is -2.05. The molecule has 0 aromatic heterocycles. The molecule has 33 heavy (non-hydrogen) atoms. The van der Waals surface area contributed by atoms with E-state index in [4.69, 9.17) is 4.66 Å². The van der Waals surface area contributed by atoms with Gasteiger partial charge in [-0.3, -0.25) is 0 Å². The predicted molar refractivity (Wildman–Crippen MR) is 147 cm³/mol. The topological polar surface area (TPSA) is 12.4 Å². The lowest BCUT2D eigenvalue weighted by Crippen LogP contribution is -2.33. The van der Waals surface area contributed by atoms with Crippen LogP contribution in [0.2, 0.25) is 11.6 Å². The molecule has 0 unspecified atom stereocenters. The summed E-state index contributed by atoms with van der Waals surface area (Å²) in [5.74, 6) is 1.50. The largest absolute Gasteiger partial charge is 0.345 e. The first-order chi connectivity index (χ1) is 16.4. The Bertz CT molecular complexity index is 917. The number of rotatable bonds is 6. The van der Waals surface area contributed by atoms with Gasteiger partial charge in [-0.05, 0) is 27.5 Å². The smallest absolute Gasteiger partial charge is 0.284 e. The highest BCUT2D eigenvalue weighted by molar-refractivity contribution is 7.88. The maximum atomic E-state index is 6.18. The van der Waals surface area contributed by atoms with Gasteiger partial charge in [-0.2, -0.15) is 0 Å². The second-order valence-corrected chi connectivity index (χ2v) is 13.1. The van der Waals surface area contributed by atoms with E-state index in [1.807, 2.05) is 0 Å². The first-order valence-electron chi connectivity index (χ1n) is 13.2. The highest BCUT2D eigenvalue weighted by atomic mass is 31.2. The Morgan fingerprint density at radius 2 is 0.818 bits per heavy atom. The van der Waals surface area contributed by atoms with E-state index in [2.05, 4.69) is 91.0 Å². The molecule has 1 nitrogen and oxygen atoms in total. The van der Waals surface area contributed by atoms with Crippen molar-refractivity contribution in [3.05, 3.63) is 91.0 Å². The molecule has 2 aliphatic carbocycles. The molecule has 2 aliphatic rings. The van der Waals surface area contributed by atoms with Crippen molar-refractivity contribution in [1.82, 2.24) is 0 Å². The van der Waals surface area contributed by atoms with E-state index >= 15 is 0 Å². The third-order valence-electron chi connectivity index (χ3n) is 7.96. The first-order valence-corrected chi connectivity index (χ1v) is 14.9. The normalized spacial score (nSPS) is 18.1. The summed E-state index contributed by atoms with van der Waals surface area (Å²) in [6, 6.07) is 33.8. The molecule has 170 valence electrons. The highest BCUT2D eigenvalue weighted by Crippen LogP contribution is 2.51. The molecule has 5 rings (SSSR count). The van der Waals surface area contributed by atoms with Crippen molar-refractivity contribution < 1.29 is 0 Å². The van der Waals surface area contributed by atoms with Crippen molar-refractivity contribution in [3.63, 3.8) is 0 Å². The van der Waals surface area contributed by atoms with Gasteiger partial charge in [-0.15, -0.1) is 0 Å². The highest BCUT2D eigenvalue weighted by Gasteiger charge is 2.38. The number of benzene rings is 3. The average Bonchev–Trinajstić information content (AvgIpc) is 2.92. The van der Waals surface area contributed by atoms with Gasteiger partial charge in [0.2, 0.25) is 0 Å². The van der Waals surface area contributed by atoms with Crippen LogP contribution in [0.25, 0.3) is 0 Å². The number of nitrogens with zero attached hydrogens (tertiary/aromatic N) is 1. The third kappa shape index (κ3) is 4.92. The summed E-state index contributed by atoms with van der Waals surface area (Å²) < 4.78 is 6.18. The maximum absolute atomic E-state index is 6.18. The lowest BCUT2D eigenvalue weighted by molar-refractivity contribution is 0.461. The summed E-state index contributed by atoms with van der Waals surface area (Å²) in [6.45, 7) is 0.472. The Morgan fingerprint density at radius 1 is 0.485 bits per heavy atom. The minimum absolute atomic E-state index is 0.472. The van der Waals surface area contributed by atoms with Crippen molar-refractivity contribution in [3.8, 4) is 0 Å². The molecule has 0 radical (unpaired) electrons. The molecule has 0 atom stereocenters. The molecular formula is C30H37BNP. The monoisotopic (exact) mass is 453 g/mol. The zero-order chi connectivity index (χ0) is 22.3. The van der Waals surface area contributed by atoms with Crippen LogP contribution in [0.5, 0.6) is 0 Å². The predicted octanol–water partition coefficient (Wildman–Crippen LogP) is 7.82. The molecule has 3 aromatic carbocycles. The first kappa shape index (κ1) is 22.7. The molecule has 0 spiro atoms. The standard InChI is InChI=1S/C30H37BNP/c1-6-16-26(17-7-1)31(27-18-8-2-9-19-27)32-33(28-20-10-3-11-21-28,29-22-12-4-13-23-29)30-24-14-5-15-25-30/h3-5,10-15,20-27H,1-2,6-9,16-19H2. The fourth-order valence-corrected chi connectivity index (χ4v) is 10.2. The lowest BCUT2D eigenvalue weighted by atomic mass is 9.39. The van der Waals surface area contributed by atoms with Crippen LogP contribution in [-0.4, -0.2) is 6.85 Å². The summed E-state index contributed by atoms with van der Waals surface area (Å²) in [5, 5.41) is 4.21. The Labute approximate surface area is 201 Å². The van der Waals surface area contributed by atoms with Crippen LogP contribution in [-0.2, 0) is 0 Å². The summed E-state index contributed by atoms with van der Waals surface area (Å²) >= 11 is 0. The van der Waals surface area contributed by atoms with E-state index in [1.54, 1.807) is 0 Å². The molecule has 0 saturated heterocycles. The second kappa shape index (κ2) is 10.9. The van der Waals surface area contributed by atoms with E-state index in [9.17, 15) is 0 Å². The van der Waals surface area contributed by atoms with Gasteiger partial charge in [0, 0.05) is 7.05 Å². The molecule has 0 N–H and O–H groups in total. The Morgan fingerprint density at radius 3 is 1.15 bits per heavy atom. The van der Waals surface area contributed by atoms with Crippen molar-refractivity contribution in [1.29, 1.82) is 0 Å². The van der Waals surface area contributed by atoms with Gasteiger partial charge < -0.3 is 4.66 Å². The van der Waals surface area contributed by atoms with Crippen LogP contribution in [0.15, 0.2) is 95.7 Å². The molecule has 0 bridgehead atoms. The zero-order valence-electron chi connectivity index (χ0n) is 19.9. The van der Waals surface area contributed by atoms with E-state index in [-0.39, 0.29) is 0 Å². The number of hydrogen-bond donors (Lipinski definition) is 0.